The number of aromatic nitrogens is 5. The van der Waals surface area contributed by atoms with Crippen LogP contribution in [0.25, 0.3) is 5.69 Å². The minimum absolute atomic E-state index is 0.195. The fourth-order valence-corrected chi connectivity index (χ4v) is 3.45. The molecule has 146 valence electrons. The van der Waals surface area contributed by atoms with Gasteiger partial charge in [0.05, 0.1) is 11.4 Å². The van der Waals surface area contributed by atoms with Crippen molar-refractivity contribution in [3.8, 4) is 5.69 Å². The van der Waals surface area contributed by atoms with E-state index in [9.17, 15) is 4.79 Å². The predicted molar refractivity (Wildman–Crippen MR) is 110 cm³/mol. The topological polar surface area (TPSA) is 85.6 Å². The van der Waals surface area contributed by atoms with Crippen molar-refractivity contribution in [2.75, 3.05) is 6.54 Å². The molecule has 1 aromatic carbocycles. The Morgan fingerprint density at radius 1 is 1.14 bits per heavy atom. The van der Waals surface area contributed by atoms with Gasteiger partial charge in [-0.1, -0.05) is 54.4 Å². The molecule has 7 nitrogen and oxygen atoms in total. The molecule has 0 spiro atoms. The van der Waals surface area contributed by atoms with Crippen LogP contribution in [-0.2, 0) is 5.75 Å². The normalized spacial score (nSPS) is 10.8. The van der Waals surface area contributed by atoms with Gasteiger partial charge < -0.3 is 5.32 Å². The molecule has 0 saturated heterocycles. The summed E-state index contributed by atoms with van der Waals surface area (Å²) in [7, 11) is 0. The summed E-state index contributed by atoms with van der Waals surface area (Å²) in [4.78, 5) is 21.1. The van der Waals surface area contributed by atoms with Crippen LogP contribution < -0.4 is 5.32 Å². The predicted octanol–water partition coefficient (Wildman–Crippen LogP) is 3.58. The molecular weight excluding hydrogens is 372 g/mol. The smallest absolute Gasteiger partial charge is 0.273 e. The van der Waals surface area contributed by atoms with Crippen molar-refractivity contribution in [2.24, 2.45) is 0 Å². The van der Waals surface area contributed by atoms with Gasteiger partial charge in [-0.05, 0) is 31.5 Å². The van der Waals surface area contributed by atoms with Crippen molar-refractivity contribution in [1.82, 2.24) is 30.3 Å². The summed E-state index contributed by atoms with van der Waals surface area (Å²) < 4.78 is 1.72. The average molecular weight is 397 g/mol. The molecule has 28 heavy (non-hydrogen) atoms. The van der Waals surface area contributed by atoms with Crippen LogP contribution in [0.15, 0.2) is 47.9 Å². The third-order valence-electron chi connectivity index (χ3n) is 4.20. The Balaban J connectivity index is 1.84. The second kappa shape index (κ2) is 9.98. The highest BCUT2D eigenvalue weighted by Crippen LogP contribution is 2.23. The number of nitrogens with zero attached hydrogens (tertiary/aromatic N) is 5. The van der Waals surface area contributed by atoms with Crippen molar-refractivity contribution >= 4 is 17.7 Å². The lowest BCUT2D eigenvalue weighted by atomic mass is 10.2. The quantitative estimate of drug-likeness (QED) is 0.338. The van der Waals surface area contributed by atoms with E-state index in [0.717, 1.165) is 36.2 Å². The molecule has 0 aliphatic carbocycles. The van der Waals surface area contributed by atoms with Gasteiger partial charge in [-0.2, -0.15) is 0 Å². The van der Waals surface area contributed by atoms with Crippen molar-refractivity contribution in [3.05, 3.63) is 59.7 Å². The monoisotopic (exact) mass is 396 g/mol. The first-order valence-electron chi connectivity index (χ1n) is 9.38. The summed E-state index contributed by atoms with van der Waals surface area (Å²) in [5.41, 5.74) is 3.11. The number of aryl methyl sites for hydroxylation is 1. The molecule has 0 atom stereocenters. The average Bonchev–Trinajstić information content (AvgIpc) is 3.15. The van der Waals surface area contributed by atoms with Crippen molar-refractivity contribution in [3.63, 3.8) is 0 Å². The molecule has 1 amide bonds. The van der Waals surface area contributed by atoms with E-state index in [2.05, 4.69) is 32.5 Å². The van der Waals surface area contributed by atoms with Crippen LogP contribution in [0.4, 0.5) is 0 Å². The molecule has 2 aromatic heterocycles. The highest BCUT2D eigenvalue weighted by atomic mass is 32.2. The molecule has 0 radical (unpaired) electrons. The van der Waals surface area contributed by atoms with Crippen LogP contribution in [0.5, 0.6) is 0 Å². The third kappa shape index (κ3) is 5.16. The maximum atomic E-state index is 12.7. The molecule has 2 heterocycles. The van der Waals surface area contributed by atoms with Gasteiger partial charge in [-0.3, -0.25) is 4.79 Å². The maximum Gasteiger partial charge on any atom is 0.273 e. The molecule has 0 aliphatic rings. The highest BCUT2D eigenvalue weighted by Gasteiger charge is 2.21. The van der Waals surface area contributed by atoms with Gasteiger partial charge >= 0.3 is 0 Å². The second-order valence-electron chi connectivity index (χ2n) is 6.42. The number of benzene rings is 1. The lowest BCUT2D eigenvalue weighted by Crippen LogP contribution is -2.26. The Hall–Kier alpha value is -2.74. The highest BCUT2D eigenvalue weighted by molar-refractivity contribution is 7.98. The number of thioether (sulfide) groups is 1. The van der Waals surface area contributed by atoms with E-state index in [1.807, 2.05) is 31.2 Å². The van der Waals surface area contributed by atoms with E-state index in [1.165, 1.54) is 11.8 Å². The standard InChI is InChI=1S/C20H24N6OS/c1-3-4-5-11-21-19(27)18-17(14-28-20-22-12-6-13-23-20)26(25-24-18)16-9-7-15(2)8-10-16/h6-10,12-13H,3-5,11,14H2,1-2H3,(H,21,27). The van der Waals surface area contributed by atoms with Crippen molar-refractivity contribution < 1.29 is 4.79 Å². The zero-order chi connectivity index (χ0) is 19.8. The first kappa shape index (κ1) is 20.0. The maximum absolute atomic E-state index is 12.7. The Kier molecular flexibility index (Phi) is 7.13. The van der Waals surface area contributed by atoms with E-state index in [0.29, 0.717) is 23.1 Å². The number of rotatable bonds is 9. The van der Waals surface area contributed by atoms with Crippen LogP contribution in [0.3, 0.4) is 0 Å². The fraction of sp³-hybridized carbons (Fsp3) is 0.350. The summed E-state index contributed by atoms with van der Waals surface area (Å²) in [6.45, 7) is 4.80. The lowest BCUT2D eigenvalue weighted by Gasteiger charge is -2.08. The minimum atomic E-state index is -0.195. The first-order chi connectivity index (χ1) is 13.7. The Morgan fingerprint density at radius 3 is 2.61 bits per heavy atom. The number of nitrogens with one attached hydrogen (secondary N) is 1. The lowest BCUT2D eigenvalue weighted by molar-refractivity contribution is 0.0947. The van der Waals surface area contributed by atoms with Crippen LogP contribution in [-0.4, -0.2) is 37.4 Å². The fourth-order valence-electron chi connectivity index (χ4n) is 2.65. The van der Waals surface area contributed by atoms with Crippen molar-refractivity contribution in [2.45, 2.75) is 44.0 Å². The molecule has 0 saturated carbocycles. The summed E-state index contributed by atoms with van der Waals surface area (Å²) in [6, 6.07) is 9.75. The van der Waals surface area contributed by atoms with Gasteiger partial charge in [0.15, 0.2) is 10.9 Å². The second-order valence-corrected chi connectivity index (χ2v) is 7.36. The van der Waals surface area contributed by atoms with Gasteiger partial charge in [0, 0.05) is 24.7 Å². The van der Waals surface area contributed by atoms with Gasteiger partial charge in [-0.15, -0.1) is 5.10 Å². The zero-order valence-electron chi connectivity index (χ0n) is 16.1. The SMILES string of the molecule is CCCCCNC(=O)c1nnn(-c2ccc(C)cc2)c1CSc1ncccn1. The molecule has 8 heteroatoms. The first-order valence-corrected chi connectivity index (χ1v) is 10.4. The molecule has 3 aromatic rings. The van der Waals surface area contributed by atoms with Crippen molar-refractivity contribution in [1.29, 1.82) is 0 Å². The van der Waals surface area contributed by atoms with Crippen LogP contribution >= 0.6 is 11.8 Å². The van der Waals surface area contributed by atoms with E-state index in [4.69, 9.17) is 0 Å². The summed E-state index contributed by atoms with van der Waals surface area (Å²) in [5.74, 6) is 0.293. The summed E-state index contributed by atoms with van der Waals surface area (Å²) >= 11 is 1.45. The minimum Gasteiger partial charge on any atom is -0.351 e. The number of carbonyl (C=O) groups excluding carboxylic acids is 1. The third-order valence-corrected chi connectivity index (χ3v) is 5.09. The summed E-state index contributed by atoms with van der Waals surface area (Å²) in [5, 5.41) is 12.0. The molecule has 0 fully saturated rings. The Bertz CT molecular complexity index is 895. The van der Waals surface area contributed by atoms with Gasteiger partial charge in [0.25, 0.3) is 5.91 Å². The van der Waals surface area contributed by atoms with Crippen LogP contribution in [0.2, 0.25) is 0 Å². The number of amides is 1. The van der Waals surface area contributed by atoms with E-state index in [1.54, 1.807) is 23.1 Å². The van der Waals surface area contributed by atoms with Crippen LogP contribution in [0, 0.1) is 6.92 Å². The number of carbonyl (C=O) groups is 1. The van der Waals surface area contributed by atoms with E-state index in [-0.39, 0.29) is 5.91 Å². The largest absolute Gasteiger partial charge is 0.351 e. The number of unbranched alkanes of at least 4 members (excludes halogenated alkanes) is 2. The molecule has 1 N–H and O–H groups in total. The van der Waals surface area contributed by atoms with Gasteiger partial charge in [0.1, 0.15) is 0 Å². The van der Waals surface area contributed by atoms with Crippen LogP contribution in [0.1, 0.15) is 47.9 Å². The number of hydrogen-bond acceptors (Lipinski definition) is 6. The molecule has 0 unspecified atom stereocenters. The van der Waals surface area contributed by atoms with Gasteiger partial charge in [0.2, 0.25) is 0 Å². The molecular formula is C20H24N6OS. The molecule has 0 aliphatic heterocycles. The zero-order valence-corrected chi connectivity index (χ0v) is 16.9. The molecule has 3 rings (SSSR count). The van der Waals surface area contributed by atoms with E-state index < -0.39 is 0 Å². The number of hydrogen-bond donors (Lipinski definition) is 1. The Morgan fingerprint density at radius 2 is 1.89 bits per heavy atom. The summed E-state index contributed by atoms with van der Waals surface area (Å²) in [6.07, 6.45) is 6.55. The Labute approximate surface area is 169 Å². The molecule has 0 bridgehead atoms. The van der Waals surface area contributed by atoms with Gasteiger partial charge in [-0.25, -0.2) is 14.6 Å². The van der Waals surface area contributed by atoms with E-state index >= 15 is 0 Å².